The molecule has 0 spiro atoms. The summed E-state index contributed by atoms with van der Waals surface area (Å²) < 4.78 is 1.90. The summed E-state index contributed by atoms with van der Waals surface area (Å²) in [6, 6.07) is 8.54. The van der Waals surface area contributed by atoms with Crippen LogP contribution in [0.25, 0.3) is 0 Å². The number of nitrogens with zero attached hydrogens (tertiary/aromatic N) is 3. The van der Waals surface area contributed by atoms with Crippen molar-refractivity contribution in [3.63, 3.8) is 0 Å². The Morgan fingerprint density at radius 2 is 2.05 bits per heavy atom. The lowest BCUT2D eigenvalue weighted by molar-refractivity contribution is 0.627. The molecule has 0 amide bonds. The SMILES string of the molecule is Cc1ccc(Cn2cc(CNCC3CC3)nn2)cc1. The predicted molar refractivity (Wildman–Crippen MR) is 74.7 cm³/mol. The molecule has 0 aliphatic heterocycles. The number of aryl methyl sites for hydroxylation is 1. The maximum atomic E-state index is 4.20. The number of hydrogen-bond donors (Lipinski definition) is 1. The molecule has 0 bridgehead atoms. The van der Waals surface area contributed by atoms with E-state index in [4.69, 9.17) is 0 Å². The van der Waals surface area contributed by atoms with E-state index in [9.17, 15) is 0 Å². The third kappa shape index (κ3) is 3.64. The molecule has 1 aliphatic rings. The van der Waals surface area contributed by atoms with Gasteiger partial charge in [0, 0.05) is 6.54 Å². The van der Waals surface area contributed by atoms with E-state index >= 15 is 0 Å². The lowest BCUT2D eigenvalue weighted by Crippen LogP contribution is -2.16. The summed E-state index contributed by atoms with van der Waals surface area (Å²) in [7, 11) is 0. The van der Waals surface area contributed by atoms with Gasteiger partial charge in [-0.05, 0) is 37.8 Å². The van der Waals surface area contributed by atoms with Crippen LogP contribution in [0.1, 0.15) is 29.7 Å². The van der Waals surface area contributed by atoms with Crippen LogP contribution in [0.3, 0.4) is 0 Å². The fourth-order valence-corrected chi connectivity index (χ4v) is 2.10. The molecule has 1 aromatic heterocycles. The third-order valence-electron chi connectivity index (χ3n) is 3.49. The minimum atomic E-state index is 0.788. The Morgan fingerprint density at radius 3 is 2.79 bits per heavy atom. The van der Waals surface area contributed by atoms with Crippen LogP contribution in [-0.4, -0.2) is 21.5 Å². The van der Waals surface area contributed by atoms with E-state index < -0.39 is 0 Å². The van der Waals surface area contributed by atoms with Gasteiger partial charge in [-0.25, -0.2) is 4.68 Å². The van der Waals surface area contributed by atoms with Gasteiger partial charge in [-0.15, -0.1) is 5.10 Å². The quantitative estimate of drug-likeness (QED) is 0.861. The van der Waals surface area contributed by atoms with E-state index in [-0.39, 0.29) is 0 Å². The zero-order chi connectivity index (χ0) is 13.1. The van der Waals surface area contributed by atoms with Gasteiger partial charge < -0.3 is 5.32 Å². The average Bonchev–Trinajstić information content (AvgIpc) is 3.12. The minimum Gasteiger partial charge on any atom is -0.311 e. The second-order valence-corrected chi connectivity index (χ2v) is 5.47. The van der Waals surface area contributed by atoms with Crippen molar-refractivity contribution in [2.45, 2.75) is 32.9 Å². The maximum absolute atomic E-state index is 4.20. The molecule has 1 heterocycles. The van der Waals surface area contributed by atoms with Crippen LogP contribution in [0.5, 0.6) is 0 Å². The molecule has 0 atom stereocenters. The summed E-state index contributed by atoms with van der Waals surface area (Å²) in [4.78, 5) is 0. The van der Waals surface area contributed by atoms with Crippen molar-refractivity contribution in [2.75, 3.05) is 6.54 Å². The van der Waals surface area contributed by atoms with Gasteiger partial charge in [-0.1, -0.05) is 35.0 Å². The van der Waals surface area contributed by atoms with Crippen LogP contribution in [-0.2, 0) is 13.1 Å². The number of nitrogens with one attached hydrogen (secondary N) is 1. The standard InChI is InChI=1S/C15H20N4/c1-12-2-4-14(5-3-12)10-19-11-15(17-18-19)9-16-8-13-6-7-13/h2-5,11,13,16H,6-10H2,1H3. The van der Waals surface area contributed by atoms with E-state index in [0.29, 0.717) is 0 Å². The molecule has 0 radical (unpaired) electrons. The smallest absolute Gasteiger partial charge is 0.0964 e. The fourth-order valence-electron chi connectivity index (χ4n) is 2.10. The van der Waals surface area contributed by atoms with E-state index in [1.807, 2.05) is 10.9 Å². The van der Waals surface area contributed by atoms with Crippen molar-refractivity contribution in [1.29, 1.82) is 0 Å². The van der Waals surface area contributed by atoms with Crippen molar-refractivity contribution in [3.8, 4) is 0 Å². The zero-order valence-corrected chi connectivity index (χ0v) is 11.3. The molecule has 1 aromatic carbocycles. The summed E-state index contributed by atoms with van der Waals surface area (Å²) >= 11 is 0. The lowest BCUT2D eigenvalue weighted by atomic mass is 10.1. The second kappa shape index (κ2) is 5.53. The van der Waals surface area contributed by atoms with Crippen molar-refractivity contribution >= 4 is 0 Å². The third-order valence-corrected chi connectivity index (χ3v) is 3.49. The Hall–Kier alpha value is -1.68. The van der Waals surface area contributed by atoms with Crippen LogP contribution in [0.15, 0.2) is 30.5 Å². The highest BCUT2D eigenvalue weighted by Gasteiger charge is 2.20. The molecular formula is C15H20N4. The van der Waals surface area contributed by atoms with Gasteiger partial charge in [-0.3, -0.25) is 0 Å². The van der Waals surface area contributed by atoms with Crippen molar-refractivity contribution in [2.24, 2.45) is 5.92 Å². The molecule has 1 N–H and O–H groups in total. The summed E-state index contributed by atoms with van der Waals surface area (Å²) in [5.74, 6) is 0.905. The highest BCUT2D eigenvalue weighted by Crippen LogP contribution is 2.27. The highest BCUT2D eigenvalue weighted by molar-refractivity contribution is 5.21. The van der Waals surface area contributed by atoms with Crippen molar-refractivity contribution in [1.82, 2.24) is 20.3 Å². The Labute approximate surface area is 113 Å². The largest absolute Gasteiger partial charge is 0.311 e. The molecule has 2 aromatic rings. The van der Waals surface area contributed by atoms with E-state index in [1.165, 1.54) is 24.0 Å². The summed E-state index contributed by atoms with van der Waals surface area (Å²) in [6.07, 6.45) is 4.79. The van der Waals surface area contributed by atoms with Gasteiger partial charge in [0.25, 0.3) is 0 Å². The fraction of sp³-hybridized carbons (Fsp3) is 0.467. The number of rotatable bonds is 6. The topological polar surface area (TPSA) is 42.7 Å². The molecule has 4 nitrogen and oxygen atoms in total. The van der Waals surface area contributed by atoms with E-state index in [1.54, 1.807) is 0 Å². The van der Waals surface area contributed by atoms with Crippen molar-refractivity contribution < 1.29 is 0 Å². The van der Waals surface area contributed by atoms with Crippen LogP contribution in [0.4, 0.5) is 0 Å². The van der Waals surface area contributed by atoms with Gasteiger partial charge in [0.2, 0.25) is 0 Å². The van der Waals surface area contributed by atoms with Gasteiger partial charge in [0.1, 0.15) is 0 Å². The summed E-state index contributed by atoms with van der Waals surface area (Å²) in [6.45, 7) is 4.83. The molecule has 19 heavy (non-hydrogen) atoms. The van der Waals surface area contributed by atoms with Gasteiger partial charge in [0.05, 0.1) is 18.4 Å². The molecule has 4 heteroatoms. The monoisotopic (exact) mass is 256 g/mol. The summed E-state index contributed by atoms with van der Waals surface area (Å²) in [5, 5.41) is 11.8. The Balaban J connectivity index is 1.53. The van der Waals surface area contributed by atoms with Crippen LogP contribution >= 0.6 is 0 Å². The molecule has 1 saturated carbocycles. The van der Waals surface area contributed by atoms with E-state index in [0.717, 1.165) is 31.2 Å². The average molecular weight is 256 g/mol. The van der Waals surface area contributed by atoms with Crippen LogP contribution < -0.4 is 5.32 Å². The van der Waals surface area contributed by atoms with Crippen LogP contribution in [0, 0.1) is 12.8 Å². The van der Waals surface area contributed by atoms with Crippen LogP contribution in [0.2, 0.25) is 0 Å². The molecular weight excluding hydrogens is 236 g/mol. The minimum absolute atomic E-state index is 0.788. The molecule has 1 fully saturated rings. The van der Waals surface area contributed by atoms with Gasteiger partial charge in [-0.2, -0.15) is 0 Å². The number of hydrogen-bond acceptors (Lipinski definition) is 3. The molecule has 0 saturated heterocycles. The van der Waals surface area contributed by atoms with E-state index in [2.05, 4.69) is 46.8 Å². The highest BCUT2D eigenvalue weighted by atomic mass is 15.4. The first kappa shape index (κ1) is 12.4. The van der Waals surface area contributed by atoms with Gasteiger partial charge in [0.15, 0.2) is 0 Å². The van der Waals surface area contributed by atoms with Crippen molar-refractivity contribution in [3.05, 3.63) is 47.3 Å². The Bertz CT molecular complexity index is 525. The first-order chi connectivity index (χ1) is 9.29. The first-order valence-electron chi connectivity index (χ1n) is 6.95. The summed E-state index contributed by atoms with van der Waals surface area (Å²) in [5.41, 5.74) is 3.56. The Kier molecular flexibility index (Phi) is 3.60. The molecule has 3 rings (SSSR count). The maximum Gasteiger partial charge on any atom is 0.0964 e. The number of aromatic nitrogens is 3. The normalized spacial score (nSPS) is 14.8. The predicted octanol–water partition coefficient (Wildman–Crippen LogP) is 2.13. The lowest BCUT2D eigenvalue weighted by Gasteiger charge is -2.01. The Morgan fingerprint density at radius 1 is 1.26 bits per heavy atom. The molecule has 1 aliphatic carbocycles. The zero-order valence-electron chi connectivity index (χ0n) is 11.3. The first-order valence-corrected chi connectivity index (χ1v) is 6.95. The second-order valence-electron chi connectivity index (χ2n) is 5.47. The number of benzene rings is 1. The van der Waals surface area contributed by atoms with Gasteiger partial charge >= 0.3 is 0 Å². The molecule has 0 unspecified atom stereocenters. The molecule has 100 valence electrons.